The van der Waals surface area contributed by atoms with Gasteiger partial charge in [0.1, 0.15) is 12.1 Å². The van der Waals surface area contributed by atoms with Gasteiger partial charge >= 0.3 is 0 Å². The zero-order valence-electron chi connectivity index (χ0n) is 8.86. The summed E-state index contributed by atoms with van der Waals surface area (Å²) in [5.41, 5.74) is 3.98. The smallest absolute Gasteiger partial charge is 0.110 e. The maximum Gasteiger partial charge on any atom is 0.110 e. The first kappa shape index (κ1) is 14.7. The van der Waals surface area contributed by atoms with E-state index in [1.54, 1.807) is 0 Å². The Balaban J connectivity index is 0. The monoisotopic (exact) mass is 195 g/mol. The molecular formula is C9H22ClNO. The van der Waals surface area contributed by atoms with Crippen molar-refractivity contribution in [2.75, 3.05) is 0 Å². The average Bonchev–Trinajstić information content (AvgIpc) is 1.82. The van der Waals surface area contributed by atoms with E-state index in [-0.39, 0.29) is 24.1 Å². The van der Waals surface area contributed by atoms with Crippen LogP contribution in [0, 0.1) is 0 Å². The minimum atomic E-state index is -0.0372. The number of hydrogen-bond acceptors (Lipinski definition) is 1. The predicted octanol–water partition coefficient (Wildman–Crippen LogP) is -1.79. The van der Waals surface area contributed by atoms with Gasteiger partial charge in [-0.1, -0.05) is 6.92 Å². The molecule has 0 aliphatic heterocycles. The summed E-state index contributed by atoms with van der Waals surface area (Å²) in [4.78, 5) is 0. The van der Waals surface area contributed by atoms with Gasteiger partial charge in [0.25, 0.3) is 0 Å². The number of quaternary nitrogens is 1. The van der Waals surface area contributed by atoms with Crippen LogP contribution >= 0.6 is 0 Å². The standard InChI is InChI=1S/C9H21NO.ClH/c1-6-8(10)7(2)11-9(3,4)5;/h7-8H,6,10H2,1-5H3;1H/t7?,8-;/m1./s1. The van der Waals surface area contributed by atoms with Crippen molar-refractivity contribution in [3.05, 3.63) is 0 Å². The fourth-order valence-electron chi connectivity index (χ4n) is 0.986. The van der Waals surface area contributed by atoms with Crippen LogP contribution < -0.4 is 18.1 Å². The number of hydrogen-bond donors (Lipinski definition) is 1. The Hall–Kier alpha value is 0.210. The molecule has 0 saturated heterocycles. The molecule has 0 aromatic carbocycles. The molecule has 0 rings (SSSR count). The van der Waals surface area contributed by atoms with Gasteiger partial charge in [0.2, 0.25) is 0 Å². The van der Waals surface area contributed by atoms with Gasteiger partial charge in [-0.3, -0.25) is 0 Å². The van der Waals surface area contributed by atoms with Crippen LogP contribution in [0.3, 0.4) is 0 Å². The molecule has 0 heterocycles. The van der Waals surface area contributed by atoms with Crippen LogP contribution in [0.25, 0.3) is 0 Å². The number of ether oxygens (including phenoxy) is 1. The molecule has 3 heteroatoms. The van der Waals surface area contributed by atoms with Crippen LogP contribution in [0.2, 0.25) is 0 Å². The molecule has 2 atom stereocenters. The van der Waals surface area contributed by atoms with Gasteiger partial charge in [0, 0.05) is 0 Å². The van der Waals surface area contributed by atoms with Crippen LogP contribution in [0.15, 0.2) is 0 Å². The molecule has 3 N–H and O–H groups in total. The van der Waals surface area contributed by atoms with E-state index in [0.717, 1.165) is 6.42 Å². The van der Waals surface area contributed by atoms with Crippen LogP contribution in [-0.2, 0) is 4.74 Å². The highest BCUT2D eigenvalue weighted by Gasteiger charge is 2.21. The van der Waals surface area contributed by atoms with Gasteiger partial charge in [0.15, 0.2) is 0 Å². The molecule has 12 heavy (non-hydrogen) atoms. The second-order valence-electron chi connectivity index (χ2n) is 4.10. The largest absolute Gasteiger partial charge is 1.00 e. The first-order valence-corrected chi connectivity index (χ1v) is 4.37. The normalized spacial score (nSPS) is 16.5. The highest BCUT2D eigenvalue weighted by atomic mass is 35.5. The molecule has 0 bridgehead atoms. The van der Waals surface area contributed by atoms with Crippen molar-refractivity contribution in [3.63, 3.8) is 0 Å². The summed E-state index contributed by atoms with van der Waals surface area (Å²) in [6.45, 7) is 10.5. The van der Waals surface area contributed by atoms with Gasteiger partial charge in [-0.2, -0.15) is 0 Å². The molecule has 0 saturated carbocycles. The third kappa shape index (κ3) is 6.89. The van der Waals surface area contributed by atoms with Crippen molar-refractivity contribution < 1.29 is 22.9 Å². The quantitative estimate of drug-likeness (QED) is 0.568. The molecule has 0 aromatic rings. The average molecular weight is 196 g/mol. The lowest BCUT2D eigenvalue weighted by molar-refractivity contribution is -0.442. The van der Waals surface area contributed by atoms with Crippen molar-refractivity contribution in [1.29, 1.82) is 0 Å². The first-order valence-electron chi connectivity index (χ1n) is 4.37. The van der Waals surface area contributed by atoms with E-state index < -0.39 is 0 Å². The van der Waals surface area contributed by atoms with Crippen LogP contribution in [0.4, 0.5) is 0 Å². The van der Waals surface area contributed by atoms with Gasteiger partial charge in [-0.25, -0.2) is 0 Å². The van der Waals surface area contributed by atoms with E-state index in [9.17, 15) is 0 Å². The fraction of sp³-hybridized carbons (Fsp3) is 1.00. The molecule has 1 unspecified atom stereocenters. The Labute approximate surface area is 82.3 Å². The van der Waals surface area contributed by atoms with Crippen molar-refractivity contribution in [2.24, 2.45) is 0 Å². The van der Waals surface area contributed by atoms with Gasteiger partial charge in [-0.15, -0.1) is 0 Å². The molecule has 0 amide bonds. The topological polar surface area (TPSA) is 36.9 Å². The minimum Gasteiger partial charge on any atom is -1.00 e. The summed E-state index contributed by atoms with van der Waals surface area (Å²) >= 11 is 0. The SMILES string of the molecule is CC[C@@H]([NH3+])C(C)OC(C)(C)C.[Cl-]. The Kier molecular flexibility index (Phi) is 7.10. The lowest BCUT2D eigenvalue weighted by Crippen LogP contribution is -3.00. The van der Waals surface area contributed by atoms with E-state index in [4.69, 9.17) is 4.74 Å². The van der Waals surface area contributed by atoms with Crippen LogP contribution in [0.5, 0.6) is 0 Å². The third-order valence-electron chi connectivity index (χ3n) is 1.73. The lowest BCUT2D eigenvalue weighted by atomic mass is 10.1. The van der Waals surface area contributed by atoms with E-state index in [1.165, 1.54) is 0 Å². The second-order valence-corrected chi connectivity index (χ2v) is 4.10. The fourth-order valence-corrected chi connectivity index (χ4v) is 0.986. The Morgan fingerprint density at radius 2 is 1.75 bits per heavy atom. The number of rotatable bonds is 3. The summed E-state index contributed by atoms with van der Waals surface area (Å²) in [5, 5.41) is 0. The Morgan fingerprint density at radius 3 is 2.00 bits per heavy atom. The molecule has 0 aliphatic carbocycles. The zero-order valence-corrected chi connectivity index (χ0v) is 9.61. The predicted molar refractivity (Wildman–Crippen MR) is 47.3 cm³/mol. The summed E-state index contributed by atoms with van der Waals surface area (Å²) in [6.07, 6.45) is 1.34. The summed E-state index contributed by atoms with van der Waals surface area (Å²) in [6, 6.07) is 0.411. The molecule has 0 fully saturated rings. The van der Waals surface area contributed by atoms with E-state index >= 15 is 0 Å². The maximum atomic E-state index is 5.73. The zero-order chi connectivity index (χ0) is 9.07. The minimum absolute atomic E-state index is 0. The van der Waals surface area contributed by atoms with Crippen molar-refractivity contribution in [3.8, 4) is 0 Å². The molecule has 0 aromatic heterocycles. The van der Waals surface area contributed by atoms with E-state index in [1.807, 2.05) is 0 Å². The van der Waals surface area contributed by atoms with Crippen LogP contribution in [0.1, 0.15) is 41.0 Å². The van der Waals surface area contributed by atoms with Crippen molar-refractivity contribution in [1.82, 2.24) is 0 Å². The molecule has 0 spiro atoms. The second kappa shape index (κ2) is 5.79. The lowest BCUT2D eigenvalue weighted by Gasteiger charge is -2.26. The van der Waals surface area contributed by atoms with Crippen molar-refractivity contribution in [2.45, 2.75) is 58.8 Å². The molecule has 2 nitrogen and oxygen atoms in total. The third-order valence-corrected chi connectivity index (χ3v) is 1.73. The first-order chi connectivity index (χ1) is 4.87. The van der Waals surface area contributed by atoms with Gasteiger partial charge in [-0.05, 0) is 34.1 Å². The van der Waals surface area contributed by atoms with Crippen LogP contribution in [-0.4, -0.2) is 17.7 Å². The molecule has 0 aliphatic rings. The highest BCUT2D eigenvalue weighted by molar-refractivity contribution is 4.67. The Bertz CT molecular complexity index is 112. The number of halogens is 1. The Morgan fingerprint density at radius 1 is 1.33 bits per heavy atom. The van der Waals surface area contributed by atoms with Gasteiger partial charge < -0.3 is 22.9 Å². The molecular weight excluding hydrogens is 174 g/mol. The summed E-state index contributed by atoms with van der Waals surface area (Å²) in [7, 11) is 0. The van der Waals surface area contributed by atoms with Gasteiger partial charge in [0.05, 0.1) is 5.60 Å². The molecule has 76 valence electrons. The highest BCUT2D eigenvalue weighted by Crippen LogP contribution is 2.12. The van der Waals surface area contributed by atoms with Crippen molar-refractivity contribution >= 4 is 0 Å². The summed E-state index contributed by atoms with van der Waals surface area (Å²) in [5.74, 6) is 0. The molecule has 0 radical (unpaired) electrons. The summed E-state index contributed by atoms with van der Waals surface area (Å²) < 4.78 is 5.73. The maximum absolute atomic E-state index is 5.73. The van der Waals surface area contributed by atoms with E-state index in [2.05, 4.69) is 40.4 Å². The van der Waals surface area contributed by atoms with E-state index in [0.29, 0.717) is 6.04 Å².